The van der Waals surface area contributed by atoms with Crippen LogP contribution in [0.1, 0.15) is 6.92 Å². The van der Waals surface area contributed by atoms with Gasteiger partial charge in [0.05, 0.1) is 10.8 Å². The first-order chi connectivity index (χ1) is 11.6. The second-order valence-electron chi connectivity index (χ2n) is 4.87. The standard InChI is InChI=1S/C16H13FN4O2S/c1-10(14(22)19-13-6-2-5-12(17)8-13)24-16-21-20-15(23-16)11-4-3-7-18-9-11/h2-10H,1H3,(H,19,22)/t10-/m1/s1. The van der Waals surface area contributed by atoms with Gasteiger partial charge in [0.2, 0.25) is 11.8 Å². The Morgan fingerprint density at radius 2 is 2.17 bits per heavy atom. The molecule has 3 aromatic rings. The zero-order valence-corrected chi connectivity index (χ0v) is 13.5. The van der Waals surface area contributed by atoms with Crippen LogP contribution < -0.4 is 5.32 Å². The third-order valence-corrected chi connectivity index (χ3v) is 3.99. The number of benzene rings is 1. The maximum atomic E-state index is 13.1. The van der Waals surface area contributed by atoms with E-state index in [1.165, 1.54) is 18.2 Å². The van der Waals surface area contributed by atoms with Crippen LogP contribution in [-0.2, 0) is 4.79 Å². The molecule has 2 heterocycles. The van der Waals surface area contributed by atoms with Crippen molar-refractivity contribution in [3.63, 3.8) is 0 Å². The molecule has 8 heteroatoms. The van der Waals surface area contributed by atoms with Gasteiger partial charge in [-0.05, 0) is 37.3 Å². The molecule has 0 saturated carbocycles. The highest BCUT2D eigenvalue weighted by Gasteiger charge is 2.19. The molecule has 0 unspecified atom stereocenters. The molecule has 6 nitrogen and oxygen atoms in total. The highest BCUT2D eigenvalue weighted by atomic mass is 32.2. The predicted molar refractivity (Wildman–Crippen MR) is 87.9 cm³/mol. The van der Waals surface area contributed by atoms with Crippen molar-refractivity contribution >= 4 is 23.4 Å². The molecule has 0 aliphatic heterocycles. The van der Waals surface area contributed by atoms with Gasteiger partial charge in [0, 0.05) is 18.1 Å². The van der Waals surface area contributed by atoms with Gasteiger partial charge in [-0.1, -0.05) is 17.8 Å². The van der Waals surface area contributed by atoms with Gasteiger partial charge in [0.1, 0.15) is 5.82 Å². The van der Waals surface area contributed by atoms with Crippen LogP contribution in [0.5, 0.6) is 0 Å². The van der Waals surface area contributed by atoms with Crippen molar-refractivity contribution in [2.45, 2.75) is 17.4 Å². The molecule has 0 spiro atoms. The fraction of sp³-hybridized carbons (Fsp3) is 0.125. The first-order valence-corrected chi connectivity index (χ1v) is 7.97. The Hall–Kier alpha value is -2.74. The van der Waals surface area contributed by atoms with Crippen molar-refractivity contribution in [2.24, 2.45) is 0 Å². The van der Waals surface area contributed by atoms with Crippen molar-refractivity contribution in [1.82, 2.24) is 15.2 Å². The molecule has 0 aliphatic rings. The van der Waals surface area contributed by atoms with Gasteiger partial charge >= 0.3 is 0 Å². The second kappa shape index (κ2) is 7.22. The Balaban J connectivity index is 1.63. The quantitative estimate of drug-likeness (QED) is 0.715. The number of thioether (sulfide) groups is 1. The Kier molecular flexibility index (Phi) is 4.85. The second-order valence-corrected chi connectivity index (χ2v) is 6.17. The molecule has 1 amide bonds. The first-order valence-electron chi connectivity index (χ1n) is 7.09. The van der Waals surface area contributed by atoms with Gasteiger partial charge < -0.3 is 9.73 Å². The number of halogens is 1. The third-order valence-electron chi connectivity index (χ3n) is 3.05. The van der Waals surface area contributed by atoms with Gasteiger partial charge in [-0.2, -0.15) is 0 Å². The molecule has 1 N–H and O–H groups in total. The van der Waals surface area contributed by atoms with Gasteiger partial charge in [0.25, 0.3) is 5.22 Å². The monoisotopic (exact) mass is 344 g/mol. The van der Waals surface area contributed by atoms with Gasteiger partial charge in [-0.3, -0.25) is 9.78 Å². The summed E-state index contributed by atoms with van der Waals surface area (Å²) in [6, 6.07) is 9.28. The van der Waals surface area contributed by atoms with E-state index in [0.29, 0.717) is 17.1 Å². The molecular formula is C16H13FN4O2S. The third kappa shape index (κ3) is 3.96. The first kappa shape index (κ1) is 16.1. The number of nitrogens with zero attached hydrogens (tertiary/aromatic N) is 3. The number of rotatable bonds is 5. The van der Waals surface area contributed by atoms with Crippen LogP contribution in [0, 0.1) is 5.82 Å². The smallest absolute Gasteiger partial charge is 0.277 e. The van der Waals surface area contributed by atoms with E-state index in [0.717, 1.165) is 11.8 Å². The number of amides is 1. The Morgan fingerprint density at radius 1 is 1.29 bits per heavy atom. The molecular weight excluding hydrogens is 331 g/mol. The summed E-state index contributed by atoms with van der Waals surface area (Å²) in [4.78, 5) is 16.1. The molecule has 122 valence electrons. The average molecular weight is 344 g/mol. The van der Waals surface area contributed by atoms with Crippen molar-refractivity contribution < 1.29 is 13.6 Å². The Bertz CT molecular complexity index is 841. The fourth-order valence-corrected chi connectivity index (χ4v) is 2.56. The summed E-state index contributed by atoms with van der Waals surface area (Å²) in [6.07, 6.45) is 3.26. The Morgan fingerprint density at radius 3 is 2.92 bits per heavy atom. The topological polar surface area (TPSA) is 80.9 Å². The number of aromatic nitrogens is 3. The summed E-state index contributed by atoms with van der Waals surface area (Å²) in [7, 11) is 0. The van der Waals surface area contributed by atoms with Gasteiger partial charge in [0.15, 0.2) is 0 Å². The summed E-state index contributed by atoms with van der Waals surface area (Å²) in [6.45, 7) is 1.70. The molecule has 3 rings (SSSR count). The zero-order chi connectivity index (χ0) is 16.9. The minimum Gasteiger partial charge on any atom is -0.411 e. The minimum absolute atomic E-state index is 0.274. The predicted octanol–water partition coefficient (Wildman–Crippen LogP) is 3.39. The van der Waals surface area contributed by atoms with Crippen LogP contribution in [-0.4, -0.2) is 26.3 Å². The van der Waals surface area contributed by atoms with Crippen LogP contribution in [0.25, 0.3) is 11.5 Å². The lowest BCUT2D eigenvalue weighted by molar-refractivity contribution is -0.115. The summed E-state index contributed by atoms with van der Waals surface area (Å²) >= 11 is 1.12. The molecule has 0 bridgehead atoms. The molecule has 24 heavy (non-hydrogen) atoms. The van der Waals surface area contributed by atoms with Crippen LogP contribution >= 0.6 is 11.8 Å². The molecule has 0 saturated heterocycles. The lowest BCUT2D eigenvalue weighted by Crippen LogP contribution is -2.22. The van der Waals surface area contributed by atoms with Crippen molar-refractivity contribution in [2.75, 3.05) is 5.32 Å². The van der Waals surface area contributed by atoms with E-state index < -0.39 is 11.1 Å². The minimum atomic E-state index is -0.490. The number of hydrogen-bond donors (Lipinski definition) is 1. The Labute approximate surface area is 141 Å². The summed E-state index contributed by atoms with van der Waals surface area (Å²) in [5.74, 6) is -0.360. The van der Waals surface area contributed by atoms with E-state index in [1.807, 2.05) is 0 Å². The normalized spacial score (nSPS) is 11.9. The fourth-order valence-electron chi connectivity index (χ4n) is 1.88. The number of carbonyl (C=O) groups excluding carboxylic acids is 1. The number of carbonyl (C=O) groups is 1. The van der Waals surface area contributed by atoms with Gasteiger partial charge in [-0.15, -0.1) is 10.2 Å². The molecule has 1 atom stereocenters. The highest BCUT2D eigenvalue weighted by molar-refractivity contribution is 8.00. The van der Waals surface area contributed by atoms with E-state index in [1.54, 1.807) is 37.5 Å². The number of anilines is 1. The lowest BCUT2D eigenvalue weighted by Gasteiger charge is -2.09. The highest BCUT2D eigenvalue weighted by Crippen LogP contribution is 2.26. The maximum absolute atomic E-state index is 13.1. The van der Waals surface area contributed by atoms with Gasteiger partial charge in [-0.25, -0.2) is 4.39 Å². The average Bonchev–Trinajstić information content (AvgIpc) is 3.04. The SMILES string of the molecule is C[C@@H](Sc1nnc(-c2cccnc2)o1)C(=O)Nc1cccc(F)c1. The zero-order valence-electron chi connectivity index (χ0n) is 12.6. The van der Waals surface area contributed by atoms with E-state index >= 15 is 0 Å². The molecule has 0 fully saturated rings. The number of nitrogens with one attached hydrogen (secondary N) is 1. The largest absolute Gasteiger partial charge is 0.411 e. The summed E-state index contributed by atoms with van der Waals surface area (Å²) in [5.41, 5.74) is 1.10. The van der Waals surface area contributed by atoms with E-state index in [9.17, 15) is 9.18 Å². The number of pyridine rings is 1. The van der Waals surface area contributed by atoms with Crippen molar-refractivity contribution in [3.05, 3.63) is 54.6 Å². The molecule has 0 radical (unpaired) electrons. The van der Waals surface area contributed by atoms with Crippen molar-refractivity contribution in [1.29, 1.82) is 0 Å². The van der Waals surface area contributed by atoms with E-state index in [2.05, 4.69) is 20.5 Å². The van der Waals surface area contributed by atoms with Crippen LogP contribution in [0.4, 0.5) is 10.1 Å². The summed E-state index contributed by atoms with van der Waals surface area (Å²) in [5, 5.41) is 10.3. The van der Waals surface area contributed by atoms with Crippen LogP contribution in [0.3, 0.4) is 0 Å². The maximum Gasteiger partial charge on any atom is 0.277 e. The molecule has 1 aromatic carbocycles. The molecule has 0 aliphatic carbocycles. The van der Waals surface area contributed by atoms with E-state index in [-0.39, 0.29) is 11.1 Å². The number of hydrogen-bond acceptors (Lipinski definition) is 6. The van der Waals surface area contributed by atoms with Crippen LogP contribution in [0.2, 0.25) is 0 Å². The summed E-state index contributed by atoms with van der Waals surface area (Å²) < 4.78 is 18.7. The van der Waals surface area contributed by atoms with Crippen molar-refractivity contribution in [3.8, 4) is 11.5 Å². The lowest BCUT2D eigenvalue weighted by atomic mass is 10.3. The van der Waals surface area contributed by atoms with Crippen LogP contribution in [0.15, 0.2) is 58.4 Å². The molecule has 2 aromatic heterocycles. The van der Waals surface area contributed by atoms with E-state index in [4.69, 9.17) is 4.42 Å².